The number of hydrogen-bond acceptors (Lipinski definition) is 3. The Morgan fingerprint density at radius 2 is 2.11 bits per heavy atom. The van der Waals surface area contributed by atoms with Gasteiger partial charge in [0.2, 0.25) is 11.8 Å². The lowest BCUT2D eigenvalue weighted by Gasteiger charge is -2.26. The highest BCUT2D eigenvalue weighted by Crippen LogP contribution is 2.11. The molecule has 1 rings (SSSR count). The molecule has 1 aliphatic rings. The Bertz CT molecular complexity index is 340. The fourth-order valence-corrected chi connectivity index (χ4v) is 2.10. The second-order valence-corrected chi connectivity index (χ2v) is 5.21. The molecule has 0 saturated heterocycles. The highest BCUT2D eigenvalue weighted by molar-refractivity contribution is 5.88. The quantitative estimate of drug-likeness (QED) is 0.706. The van der Waals surface area contributed by atoms with Gasteiger partial charge in [0.05, 0.1) is 0 Å². The number of allylic oxidation sites excluding steroid dienone is 1. The fraction of sp³-hybridized carbons (Fsp3) is 0.714. The van der Waals surface area contributed by atoms with Crippen LogP contribution in [0.1, 0.15) is 33.1 Å². The topological polar surface area (TPSA) is 67.4 Å². The first kappa shape index (κ1) is 15.7. The van der Waals surface area contributed by atoms with E-state index in [1.54, 1.807) is 0 Å². The molecule has 0 saturated carbocycles. The van der Waals surface area contributed by atoms with Crippen molar-refractivity contribution in [3.05, 3.63) is 12.2 Å². The summed E-state index contributed by atoms with van der Waals surface area (Å²) in [4.78, 5) is 23.7. The summed E-state index contributed by atoms with van der Waals surface area (Å²) in [6, 6.07) is -0.327. The Hall–Kier alpha value is -1.36. The molecule has 5 heteroatoms. The van der Waals surface area contributed by atoms with Crippen LogP contribution >= 0.6 is 0 Å². The van der Waals surface area contributed by atoms with Crippen LogP contribution in [0.4, 0.5) is 0 Å². The summed E-state index contributed by atoms with van der Waals surface area (Å²) in [6.07, 6.45) is 7.03. The van der Waals surface area contributed by atoms with E-state index in [9.17, 15) is 9.59 Å². The molecule has 0 aromatic heterocycles. The number of carbonyl (C=O) groups excluding carboxylic acids is 2. The molecule has 2 N–H and O–H groups in total. The van der Waals surface area contributed by atoms with Gasteiger partial charge in [-0.1, -0.05) is 26.0 Å². The van der Waals surface area contributed by atoms with Gasteiger partial charge >= 0.3 is 0 Å². The van der Waals surface area contributed by atoms with E-state index in [1.807, 2.05) is 13.8 Å². The van der Waals surface area contributed by atoms with Crippen molar-refractivity contribution >= 4 is 11.8 Å². The van der Waals surface area contributed by atoms with Gasteiger partial charge in [-0.3, -0.25) is 9.59 Å². The maximum atomic E-state index is 12.2. The largest absolute Gasteiger partial charge is 0.375 e. The van der Waals surface area contributed by atoms with Crippen LogP contribution in [-0.4, -0.2) is 37.6 Å². The van der Waals surface area contributed by atoms with Crippen LogP contribution in [0.15, 0.2) is 12.2 Å². The van der Waals surface area contributed by atoms with Gasteiger partial charge in [0, 0.05) is 13.2 Å². The number of nitrogens with one attached hydrogen (secondary N) is 2. The third-order valence-corrected chi connectivity index (χ3v) is 3.16. The van der Waals surface area contributed by atoms with Gasteiger partial charge < -0.3 is 15.4 Å². The lowest BCUT2D eigenvalue weighted by Crippen LogP contribution is -2.52. The van der Waals surface area contributed by atoms with Gasteiger partial charge in [-0.2, -0.15) is 0 Å². The molecule has 0 fully saturated rings. The highest BCUT2D eigenvalue weighted by Gasteiger charge is 2.25. The Labute approximate surface area is 114 Å². The molecular weight excluding hydrogens is 244 g/mol. The van der Waals surface area contributed by atoms with E-state index in [0.717, 1.165) is 19.3 Å². The molecule has 0 unspecified atom stereocenters. The van der Waals surface area contributed by atoms with E-state index in [2.05, 4.69) is 22.8 Å². The van der Waals surface area contributed by atoms with Crippen LogP contribution < -0.4 is 10.6 Å². The maximum Gasteiger partial charge on any atom is 0.246 e. The number of rotatable bonds is 6. The molecule has 108 valence electrons. The zero-order valence-corrected chi connectivity index (χ0v) is 11.9. The Morgan fingerprint density at radius 3 is 2.63 bits per heavy atom. The van der Waals surface area contributed by atoms with Crippen molar-refractivity contribution in [1.29, 1.82) is 0 Å². The summed E-state index contributed by atoms with van der Waals surface area (Å²) in [7, 11) is 1.46. The van der Waals surface area contributed by atoms with Crippen LogP contribution in [0.3, 0.4) is 0 Å². The predicted molar refractivity (Wildman–Crippen MR) is 73.6 cm³/mol. The average Bonchev–Trinajstić information content (AvgIpc) is 2.37. The van der Waals surface area contributed by atoms with E-state index >= 15 is 0 Å². The zero-order chi connectivity index (χ0) is 14.3. The summed E-state index contributed by atoms with van der Waals surface area (Å²) in [6.45, 7) is 3.80. The van der Waals surface area contributed by atoms with Crippen molar-refractivity contribution in [1.82, 2.24) is 10.6 Å². The monoisotopic (exact) mass is 268 g/mol. The van der Waals surface area contributed by atoms with E-state index in [-0.39, 0.29) is 30.4 Å². The first-order valence-corrected chi connectivity index (χ1v) is 6.78. The molecule has 0 aromatic carbocycles. The molecule has 2 amide bonds. The van der Waals surface area contributed by atoms with Gasteiger partial charge in [-0.15, -0.1) is 0 Å². The van der Waals surface area contributed by atoms with Crippen molar-refractivity contribution in [2.24, 2.45) is 5.92 Å². The molecular formula is C14H24N2O3. The van der Waals surface area contributed by atoms with E-state index < -0.39 is 6.04 Å². The van der Waals surface area contributed by atoms with Crippen molar-refractivity contribution in [3.63, 3.8) is 0 Å². The molecule has 0 spiro atoms. The van der Waals surface area contributed by atoms with Gasteiger partial charge in [0.1, 0.15) is 12.6 Å². The third-order valence-electron chi connectivity index (χ3n) is 3.16. The Morgan fingerprint density at radius 1 is 1.37 bits per heavy atom. The van der Waals surface area contributed by atoms with Crippen LogP contribution in [-0.2, 0) is 14.3 Å². The van der Waals surface area contributed by atoms with Gasteiger partial charge in [0.15, 0.2) is 0 Å². The second kappa shape index (κ2) is 7.94. The van der Waals surface area contributed by atoms with Gasteiger partial charge in [-0.05, 0) is 25.2 Å². The van der Waals surface area contributed by atoms with Crippen molar-refractivity contribution in [2.45, 2.75) is 45.2 Å². The molecule has 5 nitrogen and oxygen atoms in total. The van der Waals surface area contributed by atoms with Crippen LogP contribution in [0.25, 0.3) is 0 Å². The lowest BCUT2D eigenvalue weighted by atomic mass is 9.99. The minimum Gasteiger partial charge on any atom is -0.375 e. The molecule has 19 heavy (non-hydrogen) atoms. The fourth-order valence-electron chi connectivity index (χ4n) is 2.10. The lowest BCUT2D eigenvalue weighted by molar-refractivity contribution is -0.132. The van der Waals surface area contributed by atoms with E-state index in [1.165, 1.54) is 7.11 Å². The minimum absolute atomic E-state index is 0.0251. The molecule has 2 atom stereocenters. The Balaban J connectivity index is 2.52. The average molecular weight is 268 g/mol. The smallest absolute Gasteiger partial charge is 0.246 e. The maximum absolute atomic E-state index is 12.2. The predicted octanol–water partition coefficient (Wildman–Crippen LogP) is 0.998. The van der Waals surface area contributed by atoms with Crippen molar-refractivity contribution < 1.29 is 14.3 Å². The summed E-state index contributed by atoms with van der Waals surface area (Å²) in [5.74, 6) is -0.334. The standard InChI is InChI=1S/C14H24N2O3/c1-10(2)13(16-12(17)9-19-3)14(18)15-11-7-5-4-6-8-11/h4-5,10-11,13H,6-9H2,1-3H3,(H,15,18)(H,16,17)/t11-,13-/m0/s1. The molecule has 0 bridgehead atoms. The van der Waals surface area contributed by atoms with E-state index in [4.69, 9.17) is 4.74 Å². The van der Waals surface area contributed by atoms with Crippen molar-refractivity contribution in [2.75, 3.05) is 13.7 Å². The molecule has 0 heterocycles. The molecule has 0 radical (unpaired) electrons. The minimum atomic E-state index is -0.506. The molecule has 1 aliphatic carbocycles. The summed E-state index contributed by atoms with van der Waals surface area (Å²) >= 11 is 0. The SMILES string of the molecule is COCC(=O)N[C@H](C(=O)N[C@H]1CC=CCC1)C(C)C. The number of hydrogen-bond donors (Lipinski definition) is 2. The van der Waals surface area contributed by atoms with Crippen molar-refractivity contribution in [3.8, 4) is 0 Å². The molecule has 0 aromatic rings. The summed E-state index contributed by atoms with van der Waals surface area (Å²) in [5.41, 5.74) is 0. The summed E-state index contributed by atoms with van der Waals surface area (Å²) in [5, 5.41) is 5.71. The van der Waals surface area contributed by atoms with E-state index in [0.29, 0.717) is 0 Å². The second-order valence-electron chi connectivity index (χ2n) is 5.21. The number of carbonyl (C=O) groups is 2. The third kappa shape index (κ3) is 5.42. The normalized spacial score (nSPS) is 20.1. The van der Waals surface area contributed by atoms with Crippen LogP contribution in [0.5, 0.6) is 0 Å². The highest BCUT2D eigenvalue weighted by atomic mass is 16.5. The number of methoxy groups -OCH3 is 1. The van der Waals surface area contributed by atoms with Crippen LogP contribution in [0.2, 0.25) is 0 Å². The summed E-state index contributed by atoms with van der Waals surface area (Å²) < 4.78 is 4.76. The first-order valence-electron chi connectivity index (χ1n) is 6.78. The van der Waals surface area contributed by atoms with Gasteiger partial charge in [-0.25, -0.2) is 0 Å². The number of amides is 2. The first-order chi connectivity index (χ1) is 9.04. The zero-order valence-electron chi connectivity index (χ0n) is 11.9. The number of ether oxygens (including phenoxy) is 1. The Kier molecular flexibility index (Phi) is 6.56. The van der Waals surface area contributed by atoms with Gasteiger partial charge in [0.25, 0.3) is 0 Å². The molecule has 0 aliphatic heterocycles. The van der Waals surface area contributed by atoms with Crippen LogP contribution in [0, 0.1) is 5.92 Å².